The van der Waals surface area contributed by atoms with E-state index in [4.69, 9.17) is 9.47 Å². The van der Waals surface area contributed by atoms with Crippen LogP contribution in [-0.4, -0.2) is 47.7 Å². The monoisotopic (exact) mass is 294 g/mol. The largest absolute Gasteiger partial charge is 0.476 e. The lowest BCUT2D eigenvalue weighted by molar-refractivity contribution is 0.00617. The maximum absolute atomic E-state index is 11.9. The van der Waals surface area contributed by atoms with Crippen LogP contribution in [0.1, 0.15) is 45.1 Å². The van der Waals surface area contributed by atoms with E-state index < -0.39 is 11.6 Å². The van der Waals surface area contributed by atoms with Gasteiger partial charge in [-0.05, 0) is 39.9 Å². The average molecular weight is 294 g/mol. The fourth-order valence-electron chi connectivity index (χ4n) is 1.76. The number of likely N-dealkylation sites (N-methyl/N-ethyl adjacent to an activating group) is 1. The smallest absolute Gasteiger partial charge is 0.357 e. The van der Waals surface area contributed by atoms with E-state index in [1.807, 2.05) is 20.8 Å². The second-order valence-electron chi connectivity index (χ2n) is 5.74. The highest BCUT2D eigenvalue weighted by atomic mass is 16.6. The van der Waals surface area contributed by atoms with Crippen LogP contribution in [0.2, 0.25) is 0 Å². The van der Waals surface area contributed by atoms with Gasteiger partial charge in [0.05, 0.1) is 0 Å². The number of ether oxygens (including phenoxy) is 2. The second-order valence-corrected chi connectivity index (χ2v) is 5.74. The van der Waals surface area contributed by atoms with Gasteiger partial charge >= 0.3 is 5.97 Å². The van der Waals surface area contributed by atoms with Gasteiger partial charge in [-0.3, -0.25) is 0 Å². The first kappa shape index (κ1) is 17.4. The third kappa shape index (κ3) is 6.58. The zero-order valence-corrected chi connectivity index (χ0v) is 13.7. The molecule has 0 saturated heterocycles. The molecule has 0 aliphatic carbocycles. The summed E-state index contributed by atoms with van der Waals surface area (Å²) in [5.74, 6) is 0.0159. The fraction of sp³-hybridized carbons (Fsp3) is 0.625. The number of pyridine rings is 1. The maximum atomic E-state index is 11.9. The molecule has 21 heavy (non-hydrogen) atoms. The van der Waals surface area contributed by atoms with Crippen LogP contribution in [0.15, 0.2) is 18.2 Å². The maximum Gasteiger partial charge on any atom is 0.357 e. The lowest BCUT2D eigenvalue weighted by Gasteiger charge is -2.19. The summed E-state index contributed by atoms with van der Waals surface area (Å²) in [6, 6.07) is 5.13. The zero-order valence-electron chi connectivity index (χ0n) is 13.7. The molecule has 1 aromatic heterocycles. The van der Waals surface area contributed by atoms with Gasteiger partial charge in [0.25, 0.3) is 0 Å². The molecule has 0 spiro atoms. The van der Waals surface area contributed by atoms with Crippen LogP contribution in [0.5, 0.6) is 5.88 Å². The Morgan fingerprint density at radius 3 is 2.48 bits per heavy atom. The molecule has 0 aliphatic heterocycles. The van der Waals surface area contributed by atoms with Crippen molar-refractivity contribution in [2.75, 3.05) is 26.2 Å². The minimum absolute atomic E-state index is 0.269. The standard InChI is InChI=1S/C16H26N2O3/c1-6-18(7-2)11-12-20-14-10-8-9-13(17-14)15(19)21-16(3,4)5/h8-10H,6-7,11-12H2,1-5H3. The molecule has 0 unspecified atom stereocenters. The predicted molar refractivity (Wildman–Crippen MR) is 82.7 cm³/mol. The van der Waals surface area contributed by atoms with Crippen molar-refractivity contribution in [3.05, 3.63) is 23.9 Å². The SMILES string of the molecule is CCN(CC)CCOc1cccc(C(=O)OC(C)(C)C)n1. The highest BCUT2D eigenvalue weighted by molar-refractivity contribution is 5.87. The molecule has 118 valence electrons. The summed E-state index contributed by atoms with van der Waals surface area (Å²) in [5.41, 5.74) is -0.261. The van der Waals surface area contributed by atoms with Gasteiger partial charge in [-0.25, -0.2) is 9.78 Å². The van der Waals surface area contributed by atoms with E-state index in [9.17, 15) is 4.79 Å². The summed E-state index contributed by atoms with van der Waals surface area (Å²) in [7, 11) is 0. The van der Waals surface area contributed by atoms with Crippen LogP contribution in [0.4, 0.5) is 0 Å². The van der Waals surface area contributed by atoms with Crippen LogP contribution < -0.4 is 4.74 Å². The van der Waals surface area contributed by atoms with Gasteiger partial charge in [-0.1, -0.05) is 19.9 Å². The minimum atomic E-state index is -0.529. The van der Waals surface area contributed by atoms with Crippen molar-refractivity contribution in [3.63, 3.8) is 0 Å². The fourth-order valence-corrected chi connectivity index (χ4v) is 1.76. The molecule has 1 heterocycles. The predicted octanol–water partition coefficient (Wildman–Crippen LogP) is 2.76. The first-order valence-corrected chi connectivity index (χ1v) is 7.41. The van der Waals surface area contributed by atoms with E-state index in [1.165, 1.54) is 0 Å². The Labute approximate surface area is 127 Å². The highest BCUT2D eigenvalue weighted by Gasteiger charge is 2.19. The third-order valence-corrected chi connectivity index (χ3v) is 2.88. The lowest BCUT2D eigenvalue weighted by atomic mass is 10.2. The molecular formula is C16H26N2O3. The van der Waals surface area contributed by atoms with Crippen LogP contribution in [0, 0.1) is 0 Å². The summed E-state index contributed by atoms with van der Waals surface area (Å²) in [6.45, 7) is 13.1. The number of esters is 1. The van der Waals surface area contributed by atoms with E-state index in [0.717, 1.165) is 19.6 Å². The van der Waals surface area contributed by atoms with Crippen LogP contribution in [0.3, 0.4) is 0 Å². The Balaban J connectivity index is 2.58. The molecule has 5 heteroatoms. The number of carbonyl (C=O) groups is 1. The molecular weight excluding hydrogens is 268 g/mol. The van der Waals surface area contributed by atoms with E-state index in [2.05, 4.69) is 23.7 Å². The van der Waals surface area contributed by atoms with Crippen molar-refractivity contribution >= 4 is 5.97 Å². The van der Waals surface area contributed by atoms with Gasteiger partial charge in [0, 0.05) is 12.6 Å². The normalized spacial score (nSPS) is 11.5. The second kappa shape index (κ2) is 7.98. The molecule has 0 fully saturated rings. The van der Waals surface area contributed by atoms with Crippen LogP contribution in [-0.2, 0) is 4.74 Å². The number of aromatic nitrogens is 1. The van der Waals surface area contributed by atoms with Gasteiger partial charge in [0.2, 0.25) is 5.88 Å². The Hall–Kier alpha value is -1.62. The summed E-state index contributed by atoms with van der Waals surface area (Å²) in [6.07, 6.45) is 0. The average Bonchev–Trinajstić information content (AvgIpc) is 2.42. The van der Waals surface area contributed by atoms with Crippen molar-refractivity contribution in [1.29, 1.82) is 0 Å². The number of hydrogen-bond acceptors (Lipinski definition) is 5. The van der Waals surface area contributed by atoms with Crippen molar-refractivity contribution in [2.45, 2.75) is 40.2 Å². The molecule has 0 saturated carbocycles. The summed E-state index contributed by atoms with van der Waals surface area (Å²) in [4.78, 5) is 18.4. The molecule has 0 aromatic carbocycles. The number of rotatable bonds is 7. The Bertz CT molecular complexity index is 451. The number of nitrogens with zero attached hydrogens (tertiary/aromatic N) is 2. The molecule has 1 aromatic rings. The first-order valence-electron chi connectivity index (χ1n) is 7.41. The molecule has 0 atom stereocenters. The summed E-state index contributed by atoms with van der Waals surface area (Å²) in [5, 5.41) is 0. The van der Waals surface area contributed by atoms with E-state index in [-0.39, 0.29) is 5.69 Å². The quantitative estimate of drug-likeness (QED) is 0.724. The topological polar surface area (TPSA) is 51.7 Å². The lowest BCUT2D eigenvalue weighted by Crippen LogP contribution is -2.28. The van der Waals surface area contributed by atoms with Gasteiger partial charge < -0.3 is 14.4 Å². The Morgan fingerprint density at radius 1 is 1.24 bits per heavy atom. The highest BCUT2D eigenvalue weighted by Crippen LogP contribution is 2.13. The minimum Gasteiger partial charge on any atom is -0.476 e. The van der Waals surface area contributed by atoms with Crippen molar-refractivity contribution in [1.82, 2.24) is 9.88 Å². The van der Waals surface area contributed by atoms with E-state index in [0.29, 0.717) is 12.5 Å². The van der Waals surface area contributed by atoms with Crippen molar-refractivity contribution in [3.8, 4) is 5.88 Å². The first-order chi connectivity index (χ1) is 9.85. The molecule has 0 N–H and O–H groups in total. The summed E-state index contributed by atoms with van der Waals surface area (Å²) < 4.78 is 10.9. The molecule has 0 amide bonds. The molecule has 0 aliphatic rings. The number of carbonyl (C=O) groups excluding carboxylic acids is 1. The zero-order chi connectivity index (χ0) is 15.9. The van der Waals surface area contributed by atoms with Crippen molar-refractivity contribution in [2.24, 2.45) is 0 Å². The molecule has 1 rings (SSSR count). The van der Waals surface area contributed by atoms with Gasteiger partial charge in [0.15, 0.2) is 5.69 Å². The summed E-state index contributed by atoms with van der Waals surface area (Å²) >= 11 is 0. The molecule has 0 radical (unpaired) electrons. The van der Waals surface area contributed by atoms with E-state index in [1.54, 1.807) is 18.2 Å². The molecule has 0 bridgehead atoms. The number of hydrogen-bond donors (Lipinski definition) is 0. The van der Waals surface area contributed by atoms with Gasteiger partial charge in [0.1, 0.15) is 12.2 Å². The Kier molecular flexibility index (Phi) is 6.62. The van der Waals surface area contributed by atoms with Crippen LogP contribution >= 0.6 is 0 Å². The van der Waals surface area contributed by atoms with E-state index >= 15 is 0 Å². The third-order valence-electron chi connectivity index (χ3n) is 2.88. The Morgan fingerprint density at radius 2 is 1.90 bits per heavy atom. The van der Waals surface area contributed by atoms with Gasteiger partial charge in [-0.2, -0.15) is 0 Å². The van der Waals surface area contributed by atoms with Gasteiger partial charge in [-0.15, -0.1) is 0 Å². The van der Waals surface area contributed by atoms with Crippen LogP contribution in [0.25, 0.3) is 0 Å². The molecule has 5 nitrogen and oxygen atoms in total. The van der Waals surface area contributed by atoms with Crippen molar-refractivity contribution < 1.29 is 14.3 Å².